The Balaban J connectivity index is 0.00000200. The molecule has 0 aromatic heterocycles. The molecule has 0 saturated carbocycles. The van der Waals surface area contributed by atoms with Crippen LogP contribution in [0.1, 0.15) is 21.5 Å². The largest absolute Gasteiger partial charge is 0.497 e. The van der Waals surface area contributed by atoms with Crippen LogP contribution >= 0.6 is 0 Å². The molecule has 0 aliphatic rings. The minimum Gasteiger partial charge on any atom is -0.497 e. The summed E-state index contributed by atoms with van der Waals surface area (Å²) in [7, 11) is 1.63. The number of benzene rings is 2. The fraction of sp³-hybridized carbons (Fsp3) is 0.188. The fourth-order valence-corrected chi connectivity index (χ4v) is 1.73. The van der Waals surface area contributed by atoms with Crippen molar-refractivity contribution < 1.29 is 15.0 Å². The minimum absolute atomic E-state index is 0. The van der Waals surface area contributed by atoms with E-state index in [9.17, 15) is 4.79 Å². The lowest BCUT2D eigenvalue weighted by molar-refractivity contribution is 0.0951. The number of rotatable bonds is 4. The van der Waals surface area contributed by atoms with Gasteiger partial charge in [-0.1, -0.05) is 29.8 Å². The van der Waals surface area contributed by atoms with Gasteiger partial charge in [0, 0.05) is 12.1 Å². The van der Waals surface area contributed by atoms with E-state index in [1.165, 1.54) is 0 Å². The monoisotopic (exact) mass is 273 g/mol. The zero-order valence-electron chi connectivity index (χ0n) is 11.6. The summed E-state index contributed by atoms with van der Waals surface area (Å²) in [5, 5.41) is 2.89. The first-order chi connectivity index (χ1) is 9.19. The molecule has 4 heteroatoms. The van der Waals surface area contributed by atoms with Crippen LogP contribution in [0, 0.1) is 6.92 Å². The maximum absolute atomic E-state index is 11.9. The van der Waals surface area contributed by atoms with Crippen molar-refractivity contribution in [2.45, 2.75) is 13.5 Å². The summed E-state index contributed by atoms with van der Waals surface area (Å²) in [4.78, 5) is 11.9. The predicted molar refractivity (Wildman–Crippen MR) is 79.0 cm³/mol. The van der Waals surface area contributed by atoms with Gasteiger partial charge in [-0.15, -0.1) is 0 Å². The quantitative estimate of drug-likeness (QED) is 0.926. The smallest absolute Gasteiger partial charge is 0.251 e. The zero-order chi connectivity index (χ0) is 13.7. The molecule has 0 heterocycles. The van der Waals surface area contributed by atoms with E-state index in [1.54, 1.807) is 7.11 Å². The summed E-state index contributed by atoms with van der Waals surface area (Å²) in [6.07, 6.45) is 0. The molecule has 0 aliphatic heterocycles. The summed E-state index contributed by atoms with van der Waals surface area (Å²) in [6, 6.07) is 15.2. The van der Waals surface area contributed by atoms with Crippen molar-refractivity contribution in [3.8, 4) is 5.75 Å². The van der Waals surface area contributed by atoms with E-state index >= 15 is 0 Å². The summed E-state index contributed by atoms with van der Waals surface area (Å²) >= 11 is 0. The number of carbonyl (C=O) groups excluding carboxylic acids is 1. The molecule has 1 amide bonds. The predicted octanol–water partition coefficient (Wildman–Crippen LogP) is 2.11. The van der Waals surface area contributed by atoms with Gasteiger partial charge in [0.15, 0.2) is 0 Å². The van der Waals surface area contributed by atoms with Gasteiger partial charge >= 0.3 is 0 Å². The molecule has 0 bridgehead atoms. The average Bonchev–Trinajstić information content (AvgIpc) is 2.46. The highest BCUT2D eigenvalue weighted by Crippen LogP contribution is 2.11. The third kappa shape index (κ3) is 4.10. The van der Waals surface area contributed by atoms with Crippen molar-refractivity contribution in [2.75, 3.05) is 7.11 Å². The lowest BCUT2D eigenvalue weighted by Gasteiger charge is -2.06. The van der Waals surface area contributed by atoms with E-state index in [0.717, 1.165) is 16.9 Å². The number of aryl methyl sites for hydroxylation is 1. The molecule has 0 radical (unpaired) electrons. The van der Waals surface area contributed by atoms with Gasteiger partial charge in [0.1, 0.15) is 5.75 Å². The molecule has 0 spiro atoms. The molecular weight excluding hydrogens is 254 g/mol. The molecular formula is C16H19NO3. The number of hydrogen-bond donors (Lipinski definition) is 1. The van der Waals surface area contributed by atoms with Crippen LogP contribution in [0.5, 0.6) is 5.75 Å². The molecule has 4 nitrogen and oxygen atoms in total. The minimum atomic E-state index is -0.0594. The molecule has 20 heavy (non-hydrogen) atoms. The number of hydrogen-bond acceptors (Lipinski definition) is 2. The molecule has 2 aromatic rings. The Bertz CT molecular complexity index is 547. The number of ether oxygens (including phenoxy) is 1. The van der Waals surface area contributed by atoms with Crippen molar-refractivity contribution in [3.63, 3.8) is 0 Å². The van der Waals surface area contributed by atoms with Gasteiger partial charge in [-0.3, -0.25) is 4.79 Å². The van der Waals surface area contributed by atoms with Gasteiger partial charge in [-0.25, -0.2) is 0 Å². The number of carbonyl (C=O) groups is 1. The Kier molecular flexibility index (Phi) is 5.74. The van der Waals surface area contributed by atoms with Crippen LogP contribution in [0.4, 0.5) is 0 Å². The van der Waals surface area contributed by atoms with Gasteiger partial charge in [-0.2, -0.15) is 0 Å². The van der Waals surface area contributed by atoms with Crippen LogP contribution in [0.2, 0.25) is 0 Å². The Morgan fingerprint density at radius 3 is 2.20 bits per heavy atom. The van der Waals surface area contributed by atoms with Crippen molar-refractivity contribution in [1.82, 2.24) is 5.32 Å². The summed E-state index contributed by atoms with van der Waals surface area (Å²) in [5.41, 5.74) is 2.87. The second kappa shape index (κ2) is 7.31. The van der Waals surface area contributed by atoms with Crippen LogP contribution < -0.4 is 10.1 Å². The highest BCUT2D eigenvalue weighted by Gasteiger charge is 2.04. The molecule has 2 aromatic carbocycles. The molecule has 3 N–H and O–H groups in total. The highest BCUT2D eigenvalue weighted by molar-refractivity contribution is 5.94. The first kappa shape index (κ1) is 15.7. The van der Waals surface area contributed by atoms with Gasteiger partial charge in [-0.05, 0) is 36.8 Å². The van der Waals surface area contributed by atoms with Gasteiger partial charge < -0.3 is 15.5 Å². The number of methoxy groups -OCH3 is 1. The van der Waals surface area contributed by atoms with Crippen LogP contribution in [0.25, 0.3) is 0 Å². The van der Waals surface area contributed by atoms with Crippen LogP contribution in [-0.4, -0.2) is 18.5 Å². The SMILES string of the molecule is COc1ccc(CNC(=O)c2ccc(C)cc2)cc1.O. The number of nitrogens with one attached hydrogen (secondary N) is 1. The fourth-order valence-electron chi connectivity index (χ4n) is 1.73. The third-order valence-electron chi connectivity index (χ3n) is 2.93. The second-order valence-corrected chi connectivity index (χ2v) is 4.40. The van der Waals surface area contributed by atoms with E-state index in [2.05, 4.69) is 5.32 Å². The van der Waals surface area contributed by atoms with E-state index < -0.39 is 0 Å². The normalized spacial score (nSPS) is 9.50. The highest BCUT2D eigenvalue weighted by atomic mass is 16.5. The maximum atomic E-state index is 11.9. The van der Waals surface area contributed by atoms with Crippen molar-refractivity contribution in [3.05, 3.63) is 65.2 Å². The first-order valence-electron chi connectivity index (χ1n) is 6.17. The lowest BCUT2D eigenvalue weighted by Crippen LogP contribution is -2.22. The molecule has 0 atom stereocenters. The second-order valence-electron chi connectivity index (χ2n) is 4.40. The van der Waals surface area contributed by atoms with Crippen LogP contribution in [0.15, 0.2) is 48.5 Å². The molecule has 0 saturated heterocycles. The maximum Gasteiger partial charge on any atom is 0.251 e. The van der Waals surface area contributed by atoms with Crippen LogP contribution in [-0.2, 0) is 6.54 Å². The van der Waals surface area contributed by atoms with E-state index in [1.807, 2.05) is 55.5 Å². The van der Waals surface area contributed by atoms with Crippen LogP contribution in [0.3, 0.4) is 0 Å². The molecule has 0 fully saturated rings. The van der Waals surface area contributed by atoms with E-state index in [4.69, 9.17) is 4.74 Å². The van der Waals surface area contributed by atoms with Crippen molar-refractivity contribution in [1.29, 1.82) is 0 Å². The van der Waals surface area contributed by atoms with Gasteiger partial charge in [0.25, 0.3) is 5.91 Å². The third-order valence-corrected chi connectivity index (χ3v) is 2.93. The Morgan fingerprint density at radius 2 is 1.65 bits per heavy atom. The average molecular weight is 273 g/mol. The topological polar surface area (TPSA) is 69.8 Å². The summed E-state index contributed by atoms with van der Waals surface area (Å²) < 4.78 is 5.09. The lowest BCUT2D eigenvalue weighted by atomic mass is 10.1. The Morgan fingerprint density at radius 1 is 1.05 bits per heavy atom. The first-order valence-corrected chi connectivity index (χ1v) is 6.17. The van der Waals surface area contributed by atoms with E-state index in [0.29, 0.717) is 12.1 Å². The number of amides is 1. The zero-order valence-corrected chi connectivity index (χ0v) is 11.6. The van der Waals surface area contributed by atoms with E-state index in [-0.39, 0.29) is 11.4 Å². The molecule has 0 unspecified atom stereocenters. The Hall–Kier alpha value is -2.33. The van der Waals surface area contributed by atoms with Gasteiger partial charge in [0.2, 0.25) is 0 Å². The summed E-state index contributed by atoms with van der Waals surface area (Å²) in [5.74, 6) is 0.754. The summed E-state index contributed by atoms with van der Waals surface area (Å²) in [6.45, 7) is 2.51. The molecule has 2 rings (SSSR count). The molecule has 0 aliphatic carbocycles. The van der Waals surface area contributed by atoms with Crippen molar-refractivity contribution >= 4 is 5.91 Å². The van der Waals surface area contributed by atoms with Crippen molar-refractivity contribution in [2.24, 2.45) is 0 Å². The van der Waals surface area contributed by atoms with Gasteiger partial charge in [0.05, 0.1) is 7.11 Å². The standard InChI is InChI=1S/C16H17NO2.H2O/c1-12-3-7-14(8-4-12)16(18)17-11-13-5-9-15(19-2)10-6-13;/h3-10H,11H2,1-2H3,(H,17,18);1H2. The molecule has 106 valence electrons. The Labute approximate surface area is 118 Å².